The van der Waals surface area contributed by atoms with Crippen LogP contribution in [0.1, 0.15) is 29.2 Å². The summed E-state index contributed by atoms with van der Waals surface area (Å²) in [5, 5.41) is 0. The summed E-state index contributed by atoms with van der Waals surface area (Å²) in [5.41, 5.74) is 6.21. The van der Waals surface area contributed by atoms with Crippen molar-refractivity contribution >= 4 is 27.3 Å². The van der Waals surface area contributed by atoms with Crippen LogP contribution in [0.5, 0.6) is 5.75 Å². The van der Waals surface area contributed by atoms with Crippen LogP contribution in [-0.4, -0.2) is 6.04 Å². The zero-order valence-electron chi connectivity index (χ0n) is 11.1. The number of hydrogen-bond acceptors (Lipinski definition) is 3. The van der Waals surface area contributed by atoms with Gasteiger partial charge in [0.25, 0.3) is 0 Å². The summed E-state index contributed by atoms with van der Waals surface area (Å²) in [6.07, 6.45) is 0.808. The number of benzene rings is 1. The second-order valence-corrected chi connectivity index (χ2v) is 6.75. The number of rotatable bonds is 5. The van der Waals surface area contributed by atoms with Crippen molar-refractivity contribution in [3.63, 3.8) is 0 Å². The Morgan fingerprint density at radius 3 is 2.42 bits per heavy atom. The van der Waals surface area contributed by atoms with Crippen molar-refractivity contribution in [3.8, 4) is 5.75 Å². The molecule has 19 heavy (non-hydrogen) atoms. The van der Waals surface area contributed by atoms with Crippen LogP contribution in [0.15, 0.2) is 40.9 Å². The van der Waals surface area contributed by atoms with Crippen LogP contribution in [0.3, 0.4) is 0 Å². The molecule has 4 heteroatoms. The zero-order valence-corrected chi connectivity index (χ0v) is 13.5. The van der Waals surface area contributed by atoms with E-state index in [4.69, 9.17) is 10.5 Å². The third-order valence-electron chi connectivity index (χ3n) is 2.98. The highest BCUT2D eigenvalue weighted by Gasteiger charge is 2.22. The number of nitrogens with two attached hydrogens (primary N) is 1. The van der Waals surface area contributed by atoms with Gasteiger partial charge in [-0.25, -0.2) is 0 Å². The Kier molecular flexibility index (Phi) is 5.02. The molecule has 1 aromatic heterocycles. The van der Waals surface area contributed by atoms with Crippen LogP contribution in [0.25, 0.3) is 0 Å². The lowest BCUT2D eigenvalue weighted by Gasteiger charge is -2.23. The van der Waals surface area contributed by atoms with E-state index < -0.39 is 0 Å². The topological polar surface area (TPSA) is 35.2 Å². The van der Waals surface area contributed by atoms with E-state index in [1.165, 1.54) is 9.75 Å². The molecule has 0 aliphatic heterocycles. The van der Waals surface area contributed by atoms with Crippen LogP contribution in [0.2, 0.25) is 0 Å². The third kappa shape index (κ3) is 3.81. The van der Waals surface area contributed by atoms with E-state index in [1.807, 2.05) is 24.3 Å². The number of halogens is 1. The fourth-order valence-electron chi connectivity index (χ4n) is 1.84. The first-order valence-electron chi connectivity index (χ1n) is 6.34. The molecule has 2 aromatic rings. The predicted molar refractivity (Wildman–Crippen MR) is 84.8 cm³/mol. The fraction of sp³-hybridized carbons (Fsp3) is 0.333. The summed E-state index contributed by atoms with van der Waals surface area (Å²) in [7, 11) is 0. The molecule has 0 bridgehead atoms. The molecule has 1 heterocycles. The van der Waals surface area contributed by atoms with Gasteiger partial charge in [0.1, 0.15) is 11.9 Å². The van der Waals surface area contributed by atoms with E-state index in [2.05, 4.69) is 41.9 Å². The molecule has 2 rings (SSSR count). The van der Waals surface area contributed by atoms with Crippen molar-refractivity contribution < 1.29 is 4.74 Å². The van der Waals surface area contributed by atoms with Crippen molar-refractivity contribution in [2.45, 2.75) is 32.4 Å². The molecule has 0 aliphatic carbocycles. The van der Waals surface area contributed by atoms with E-state index in [-0.39, 0.29) is 12.1 Å². The highest BCUT2D eigenvalue weighted by atomic mass is 79.9. The quantitative estimate of drug-likeness (QED) is 0.858. The monoisotopic (exact) mass is 339 g/mol. The molecular formula is C15H18BrNOS. The normalized spacial score (nSPS) is 14.1. The summed E-state index contributed by atoms with van der Waals surface area (Å²) in [4.78, 5) is 2.47. The molecule has 2 nitrogen and oxygen atoms in total. The molecule has 0 spiro atoms. The minimum atomic E-state index is -0.0788. The highest BCUT2D eigenvalue weighted by Crippen LogP contribution is 2.30. The smallest absolute Gasteiger partial charge is 0.148 e. The number of aryl methyl sites for hydroxylation is 1. The molecule has 0 saturated carbocycles. The van der Waals surface area contributed by atoms with Gasteiger partial charge in [0.2, 0.25) is 0 Å². The first-order chi connectivity index (χ1) is 9.10. The van der Waals surface area contributed by atoms with Crippen LogP contribution in [0, 0.1) is 6.92 Å². The largest absolute Gasteiger partial charge is 0.483 e. The molecule has 0 radical (unpaired) electrons. The molecule has 2 atom stereocenters. The SMILES string of the molecule is CCC(N)C(Oc1ccc(Br)cc1)c1ccc(C)s1. The van der Waals surface area contributed by atoms with Gasteiger partial charge in [-0.2, -0.15) is 0 Å². The zero-order chi connectivity index (χ0) is 13.8. The predicted octanol–water partition coefficient (Wildman–Crippen LogP) is 4.68. The summed E-state index contributed by atoms with van der Waals surface area (Å²) < 4.78 is 7.13. The van der Waals surface area contributed by atoms with E-state index >= 15 is 0 Å². The van der Waals surface area contributed by atoms with Gasteiger partial charge in [-0.1, -0.05) is 22.9 Å². The maximum absolute atomic E-state index is 6.21. The lowest BCUT2D eigenvalue weighted by molar-refractivity contribution is 0.174. The minimum Gasteiger partial charge on any atom is -0.483 e. The Labute approximate surface area is 126 Å². The van der Waals surface area contributed by atoms with Crippen LogP contribution < -0.4 is 10.5 Å². The van der Waals surface area contributed by atoms with Crippen molar-refractivity contribution in [1.29, 1.82) is 0 Å². The molecular weight excluding hydrogens is 322 g/mol. The minimum absolute atomic E-state index is 0.00157. The Morgan fingerprint density at radius 2 is 1.89 bits per heavy atom. The lowest BCUT2D eigenvalue weighted by atomic mass is 10.1. The van der Waals surface area contributed by atoms with Crippen molar-refractivity contribution in [2.24, 2.45) is 5.73 Å². The van der Waals surface area contributed by atoms with Gasteiger partial charge in [0.05, 0.1) is 0 Å². The van der Waals surface area contributed by atoms with Crippen molar-refractivity contribution in [2.75, 3.05) is 0 Å². The van der Waals surface area contributed by atoms with Gasteiger partial charge in [0, 0.05) is 20.3 Å². The molecule has 0 fully saturated rings. The summed E-state index contributed by atoms with van der Waals surface area (Å²) in [6.45, 7) is 4.19. The lowest BCUT2D eigenvalue weighted by Crippen LogP contribution is -2.30. The molecule has 2 N–H and O–H groups in total. The maximum atomic E-state index is 6.21. The fourth-order valence-corrected chi connectivity index (χ4v) is 3.08. The van der Waals surface area contributed by atoms with E-state index in [1.54, 1.807) is 11.3 Å². The average molecular weight is 340 g/mol. The van der Waals surface area contributed by atoms with Crippen LogP contribution in [0.4, 0.5) is 0 Å². The van der Waals surface area contributed by atoms with Gasteiger partial charge < -0.3 is 10.5 Å². The van der Waals surface area contributed by atoms with Gasteiger partial charge in [0.15, 0.2) is 0 Å². The Bertz CT molecular complexity index is 523. The first kappa shape index (κ1) is 14.6. The second-order valence-electron chi connectivity index (χ2n) is 4.51. The average Bonchev–Trinajstić information content (AvgIpc) is 2.83. The van der Waals surface area contributed by atoms with E-state index in [9.17, 15) is 0 Å². The van der Waals surface area contributed by atoms with Crippen LogP contribution >= 0.6 is 27.3 Å². The molecule has 0 saturated heterocycles. The molecule has 0 aliphatic rings. The Balaban J connectivity index is 2.21. The highest BCUT2D eigenvalue weighted by molar-refractivity contribution is 9.10. The number of thiophene rings is 1. The summed E-state index contributed by atoms with van der Waals surface area (Å²) >= 11 is 5.17. The molecule has 1 aromatic carbocycles. The summed E-state index contributed by atoms with van der Waals surface area (Å²) in [5.74, 6) is 0.850. The summed E-state index contributed by atoms with van der Waals surface area (Å²) in [6, 6.07) is 12.1. The Hall–Kier alpha value is -0.840. The van der Waals surface area contributed by atoms with Gasteiger partial charge in [-0.05, 0) is 49.7 Å². The Morgan fingerprint density at radius 1 is 1.21 bits per heavy atom. The number of ether oxygens (including phenoxy) is 1. The molecule has 2 unspecified atom stereocenters. The van der Waals surface area contributed by atoms with E-state index in [0.29, 0.717) is 0 Å². The standard InChI is InChI=1S/C15H18BrNOS/c1-3-13(17)15(14-9-4-10(2)19-14)18-12-7-5-11(16)6-8-12/h4-9,13,15H,3,17H2,1-2H3. The molecule has 102 valence electrons. The van der Waals surface area contributed by atoms with Crippen molar-refractivity contribution in [1.82, 2.24) is 0 Å². The van der Waals surface area contributed by atoms with Crippen LogP contribution in [-0.2, 0) is 0 Å². The third-order valence-corrected chi connectivity index (χ3v) is 4.57. The maximum Gasteiger partial charge on any atom is 0.148 e. The molecule has 0 amide bonds. The van der Waals surface area contributed by atoms with Gasteiger partial charge in [-0.15, -0.1) is 11.3 Å². The van der Waals surface area contributed by atoms with Crippen molar-refractivity contribution in [3.05, 3.63) is 50.6 Å². The van der Waals surface area contributed by atoms with Gasteiger partial charge in [-0.3, -0.25) is 0 Å². The second kappa shape index (κ2) is 6.55. The number of hydrogen-bond donors (Lipinski definition) is 1. The first-order valence-corrected chi connectivity index (χ1v) is 7.95. The van der Waals surface area contributed by atoms with E-state index in [0.717, 1.165) is 16.6 Å². The van der Waals surface area contributed by atoms with Gasteiger partial charge >= 0.3 is 0 Å².